The quantitative estimate of drug-likeness (QED) is 0.729. The normalized spacial score (nSPS) is 13.1. The molecule has 3 nitrogen and oxygen atoms in total. The van der Waals surface area contributed by atoms with Gasteiger partial charge in [-0.3, -0.25) is 0 Å². The Morgan fingerprint density at radius 2 is 1.71 bits per heavy atom. The third-order valence-electron chi connectivity index (χ3n) is 2.13. The third-order valence-corrected chi connectivity index (χ3v) is 2.13. The van der Waals surface area contributed by atoms with Gasteiger partial charge in [-0.05, 0) is 5.56 Å². The molecular formula is C11H16O3. The van der Waals surface area contributed by atoms with Crippen molar-refractivity contribution < 1.29 is 14.6 Å². The molecule has 0 amide bonds. The highest BCUT2D eigenvalue weighted by atomic mass is 16.7. The number of ether oxygens (including phenoxy) is 2. The van der Waals surface area contributed by atoms with Crippen molar-refractivity contribution >= 4 is 0 Å². The first-order valence-corrected chi connectivity index (χ1v) is 4.56. The van der Waals surface area contributed by atoms with E-state index in [2.05, 4.69) is 0 Å². The fourth-order valence-corrected chi connectivity index (χ4v) is 1.28. The third kappa shape index (κ3) is 3.10. The zero-order chi connectivity index (χ0) is 10.4. The van der Waals surface area contributed by atoms with Gasteiger partial charge in [0.15, 0.2) is 6.29 Å². The van der Waals surface area contributed by atoms with Crippen LogP contribution in [0.5, 0.6) is 0 Å². The van der Waals surface area contributed by atoms with E-state index in [0.717, 1.165) is 5.56 Å². The van der Waals surface area contributed by atoms with Gasteiger partial charge in [0.1, 0.15) is 0 Å². The molecule has 14 heavy (non-hydrogen) atoms. The zero-order valence-corrected chi connectivity index (χ0v) is 8.51. The van der Waals surface area contributed by atoms with Gasteiger partial charge in [0.2, 0.25) is 0 Å². The van der Waals surface area contributed by atoms with Crippen molar-refractivity contribution in [3.8, 4) is 0 Å². The first-order chi connectivity index (χ1) is 6.77. The average molecular weight is 196 g/mol. The molecule has 1 unspecified atom stereocenters. The van der Waals surface area contributed by atoms with Crippen molar-refractivity contribution in [3.63, 3.8) is 0 Å². The van der Waals surface area contributed by atoms with Gasteiger partial charge in [-0.1, -0.05) is 30.3 Å². The molecule has 1 atom stereocenters. The maximum Gasteiger partial charge on any atom is 0.159 e. The summed E-state index contributed by atoms with van der Waals surface area (Å²) in [5.74, 6) is 0. The summed E-state index contributed by atoms with van der Waals surface area (Å²) in [6, 6.07) is 9.47. The highest BCUT2D eigenvalue weighted by molar-refractivity contribution is 5.17. The lowest BCUT2D eigenvalue weighted by Crippen LogP contribution is -2.16. The Morgan fingerprint density at radius 1 is 1.14 bits per heavy atom. The molecule has 1 aromatic rings. The SMILES string of the molecule is COC(CC(O)c1ccccc1)OC. The molecule has 0 aromatic heterocycles. The molecule has 0 radical (unpaired) electrons. The summed E-state index contributed by atoms with van der Waals surface area (Å²) in [7, 11) is 3.12. The monoisotopic (exact) mass is 196 g/mol. The summed E-state index contributed by atoms with van der Waals surface area (Å²) in [6.07, 6.45) is -0.455. The van der Waals surface area contributed by atoms with Crippen molar-refractivity contribution in [2.75, 3.05) is 14.2 Å². The van der Waals surface area contributed by atoms with Crippen LogP contribution in [-0.4, -0.2) is 25.6 Å². The van der Waals surface area contributed by atoms with E-state index in [0.29, 0.717) is 6.42 Å². The molecule has 0 bridgehead atoms. The highest BCUT2D eigenvalue weighted by Gasteiger charge is 2.14. The Hall–Kier alpha value is -0.900. The maximum atomic E-state index is 9.79. The number of hydrogen-bond donors (Lipinski definition) is 1. The van der Waals surface area contributed by atoms with Gasteiger partial charge in [-0.15, -0.1) is 0 Å². The lowest BCUT2D eigenvalue weighted by atomic mass is 10.1. The Labute approximate surface area is 84.3 Å². The summed E-state index contributed by atoms with van der Waals surface area (Å²) in [4.78, 5) is 0. The van der Waals surface area contributed by atoms with E-state index < -0.39 is 6.10 Å². The van der Waals surface area contributed by atoms with Gasteiger partial charge in [0.05, 0.1) is 6.10 Å². The van der Waals surface area contributed by atoms with Crippen LogP contribution in [0.4, 0.5) is 0 Å². The fraction of sp³-hybridized carbons (Fsp3) is 0.455. The van der Waals surface area contributed by atoms with Crippen molar-refractivity contribution in [2.24, 2.45) is 0 Å². The second-order valence-corrected chi connectivity index (χ2v) is 3.06. The van der Waals surface area contributed by atoms with Crippen LogP contribution >= 0.6 is 0 Å². The van der Waals surface area contributed by atoms with Gasteiger partial charge in [0.25, 0.3) is 0 Å². The molecule has 0 spiro atoms. The molecule has 0 heterocycles. The first-order valence-electron chi connectivity index (χ1n) is 4.56. The molecule has 1 rings (SSSR count). The number of aliphatic hydroxyl groups is 1. The minimum absolute atomic E-state index is 0.356. The highest BCUT2D eigenvalue weighted by Crippen LogP contribution is 2.18. The van der Waals surface area contributed by atoms with Gasteiger partial charge in [0, 0.05) is 20.6 Å². The molecule has 0 saturated heterocycles. The molecule has 0 fully saturated rings. The maximum absolute atomic E-state index is 9.79. The Kier molecular flexibility index (Phi) is 4.59. The first kappa shape index (κ1) is 11.2. The summed E-state index contributed by atoms with van der Waals surface area (Å²) in [5.41, 5.74) is 0.881. The van der Waals surface area contributed by atoms with Gasteiger partial charge < -0.3 is 14.6 Å². The molecule has 0 saturated carbocycles. The smallest absolute Gasteiger partial charge is 0.159 e. The molecule has 1 N–H and O–H groups in total. The molecule has 0 aliphatic heterocycles. The van der Waals surface area contributed by atoms with Crippen LogP contribution in [0.2, 0.25) is 0 Å². The predicted octanol–water partition coefficient (Wildman–Crippen LogP) is 1.73. The summed E-state index contributed by atoms with van der Waals surface area (Å²) < 4.78 is 10.0. The van der Waals surface area contributed by atoms with E-state index >= 15 is 0 Å². The second-order valence-electron chi connectivity index (χ2n) is 3.06. The predicted molar refractivity (Wildman–Crippen MR) is 53.8 cm³/mol. The van der Waals surface area contributed by atoms with E-state index in [4.69, 9.17) is 9.47 Å². The minimum atomic E-state index is -0.541. The topological polar surface area (TPSA) is 38.7 Å². The van der Waals surface area contributed by atoms with Crippen molar-refractivity contribution in [1.82, 2.24) is 0 Å². The Balaban J connectivity index is 2.54. The van der Waals surface area contributed by atoms with Gasteiger partial charge in [-0.25, -0.2) is 0 Å². The molecule has 3 heteroatoms. The number of hydrogen-bond acceptors (Lipinski definition) is 3. The van der Waals surface area contributed by atoms with Crippen LogP contribution < -0.4 is 0 Å². The lowest BCUT2D eigenvalue weighted by Gasteiger charge is -2.17. The number of aliphatic hydroxyl groups excluding tert-OH is 1. The summed E-state index contributed by atoms with van der Waals surface area (Å²) in [5, 5.41) is 9.79. The van der Waals surface area contributed by atoms with Crippen LogP contribution in [0.1, 0.15) is 18.1 Å². The minimum Gasteiger partial charge on any atom is -0.388 e. The zero-order valence-electron chi connectivity index (χ0n) is 8.51. The molecule has 78 valence electrons. The summed E-state index contributed by atoms with van der Waals surface area (Å²) in [6.45, 7) is 0. The van der Waals surface area contributed by atoms with E-state index in [1.165, 1.54) is 0 Å². The van der Waals surface area contributed by atoms with E-state index in [-0.39, 0.29) is 6.29 Å². The molecule has 0 aliphatic carbocycles. The van der Waals surface area contributed by atoms with Crippen molar-refractivity contribution in [2.45, 2.75) is 18.8 Å². The van der Waals surface area contributed by atoms with Crippen LogP contribution in [0.3, 0.4) is 0 Å². The van der Waals surface area contributed by atoms with E-state index in [1.54, 1.807) is 14.2 Å². The lowest BCUT2D eigenvalue weighted by molar-refractivity contribution is -0.123. The van der Waals surface area contributed by atoms with Crippen LogP contribution in [0.25, 0.3) is 0 Å². The number of benzene rings is 1. The Morgan fingerprint density at radius 3 is 2.21 bits per heavy atom. The van der Waals surface area contributed by atoms with E-state index in [1.807, 2.05) is 30.3 Å². The molecule has 1 aromatic carbocycles. The fourth-order valence-electron chi connectivity index (χ4n) is 1.28. The standard InChI is InChI=1S/C11H16O3/c1-13-11(14-2)8-10(12)9-6-4-3-5-7-9/h3-7,10-12H,8H2,1-2H3. The average Bonchev–Trinajstić information content (AvgIpc) is 2.26. The Bertz CT molecular complexity index is 244. The van der Waals surface area contributed by atoms with Crippen molar-refractivity contribution in [1.29, 1.82) is 0 Å². The summed E-state index contributed by atoms with van der Waals surface area (Å²) >= 11 is 0. The van der Waals surface area contributed by atoms with Crippen LogP contribution in [-0.2, 0) is 9.47 Å². The van der Waals surface area contributed by atoms with Gasteiger partial charge in [-0.2, -0.15) is 0 Å². The largest absolute Gasteiger partial charge is 0.388 e. The van der Waals surface area contributed by atoms with Crippen LogP contribution in [0, 0.1) is 0 Å². The van der Waals surface area contributed by atoms with Gasteiger partial charge >= 0.3 is 0 Å². The molecular weight excluding hydrogens is 180 g/mol. The number of rotatable bonds is 5. The second kappa shape index (κ2) is 5.75. The van der Waals surface area contributed by atoms with Crippen LogP contribution in [0.15, 0.2) is 30.3 Å². The molecule has 0 aliphatic rings. The van der Waals surface area contributed by atoms with E-state index in [9.17, 15) is 5.11 Å². The van der Waals surface area contributed by atoms with Crippen molar-refractivity contribution in [3.05, 3.63) is 35.9 Å². The number of methoxy groups -OCH3 is 2.